The zero-order valence-electron chi connectivity index (χ0n) is 8.88. The minimum Gasteiger partial charge on any atom is -0.381 e. The Hall–Kier alpha value is -0.190. The number of hydrogen-bond acceptors (Lipinski definition) is 3. The van der Waals surface area contributed by atoms with Crippen molar-refractivity contribution >= 4 is 33.4 Å². The van der Waals surface area contributed by atoms with Crippen molar-refractivity contribution in [2.45, 2.75) is 23.1 Å². The molecule has 1 aromatic carbocycles. The number of nitrogens with one attached hydrogen (secondary N) is 2. The van der Waals surface area contributed by atoms with Crippen LogP contribution in [0.4, 0.5) is 5.69 Å². The van der Waals surface area contributed by atoms with E-state index in [1.807, 2.05) is 18.8 Å². The summed E-state index contributed by atoms with van der Waals surface area (Å²) in [4.78, 5) is 1.34. The summed E-state index contributed by atoms with van der Waals surface area (Å²) in [5.41, 5.74) is 1.25. The number of hydrogen-bond donors (Lipinski definition) is 2. The lowest BCUT2D eigenvalue weighted by atomic mass is 10.2. The largest absolute Gasteiger partial charge is 0.381 e. The van der Waals surface area contributed by atoms with Gasteiger partial charge in [-0.3, -0.25) is 0 Å². The smallest absolute Gasteiger partial charge is 0.0481 e. The topological polar surface area (TPSA) is 24.1 Å². The molecule has 2 atom stereocenters. The molecule has 2 rings (SSSR count). The molecule has 1 aliphatic rings. The van der Waals surface area contributed by atoms with Crippen LogP contribution < -0.4 is 10.6 Å². The van der Waals surface area contributed by atoms with Crippen LogP contribution in [0.3, 0.4) is 0 Å². The molecule has 0 fully saturated rings. The Balaban J connectivity index is 2.22. The van der Waals surface area contributed by atoms with Gasteiger partial charge in [-0.2, -0.15) is 0 Å². The van der Waals surface area contributed by atoms with Crippen LogP contribution in [0.5, 0.6) is 0 Å². The van der Waals surface area contributed by atoms with E-state index in [-0.39, 0.29) is 0 Å². The van der Waals surface area contributed by atoms with Crippen LogP contribution in [0.1, 0.15) is 6.92 Å². The zero-order valence-corrected chi connectivity index (χ0v) is 11.3. The number of anilines is 1. The van der Waals surface area contributed by atoms with Gasteiger partial charge in [-0.1, -0.05) is 15.9 Å². The first kappa shape index (κ1) is 11.3. The number of halogens is 1. The van der Waals surface area contributed by atoms with Crippen LogP contribution in [0.15, 0.2) is 27.6 Å². The molecular weight excluding hydrogens is 272 g/mol. The van der Waals surface area contributed by atoms with E-state index in [9.17, 15) is 0 Å². The third-order valence-electron chi connectivity index (χ3n) is 2.57. The van der Waals surface area contributed by atoms with Crippen molar-refractivity contribution in [2.24, 2.45) is 0 Å². The van der Waals surface area contributed by atoms with Crippen LogP contribution in [-0.2, 0) is 0 Å². The molecular formula is C11H15BrN2S. The molecule has 2 nitrogen and oxygen atoms in total. The maximum atomic E-state index is 3.54. The van der Waals surface area contributed by atoms with Crippen molar-refractivity contribution in [1.82, 2.24) is 5.32 Å². The van der Waals surface area contributed by atoms with Crippen molar-refractivity contribution in [3.63, 3.8) is 0 Å². The van der Waals surface area contributed by atoms with Gasteiger partial charge in [0.1, 0.15) is 0 Å². The van der Waals surface area contributed by atoms with Gasteiger partial charge >= 0.3 is 0 Å². The Morgan fingerprint density at radius 3 is 3.07 bits per heavy atom. The molecule has 2 N–H and O–H groups in total. The summed E-state index contributed by atoms with van der Waals surface area (Å²) in [5, 5.41) is 7.38. The van der Waals surface area contributed by atoms with Gasteiger partial charge < -0.3 is 10.6 Å². The van der Waals surface area contributed by atoms with Crippen LogP contribution in [0.2, 0.25) is 0 Å². The third kappa shape index (κ3) is 2.49. The molecule has 0 spiro atoms. The molecule has 0 saturated carbocycles. The molecule has 0 bridgehead atoms. The molecule has 0 aromatic heterocycles. The number of benzene rings is 1. The highest BCUT2D eigenvalue weighted by atomic mass is 79.9. The van der Waals surface area contributed by atoms with Crippen molar-refractivity contribution in [1.29, 1.82) is 0 Å². The minimum atomic E-state index is 0.510. The second-order valence-electron chi connectivity index (χ2n) is 3.79. The second-order valence-corrected chi connectivity index (χ2v) is 5.98. The summed E-state index contributed by atoms with van der Waals surface area (Å²) < 4.78 is 1.15. The minimum absolute atomic E-state index is 0.510. The van der Waals surface area contributed by atoms with Gasteiger partial charge in [0, 0.05) is 32.9 Å². The van der Waals surface area contributed by atoms with E-state index in [1.54, 1.807) is 0 Å². The lowest BCUT2D eigenvalue weighted by Gasteiger charge is -2.31. The van der Waals surface area contributed by atoms with Gasteiger partial charge in [0.05, 0.1) is 0 Å². The number of rotatable bonds is 2. The fraction of sp³-hybridized carbons (Fsp3) is 0.455. The second kappa shape index (κ2) is 4.76. The fourth-order valence-electron chi connectivity index (χ4n) is 1.74. The molecule has 0 saturated heterocycles. The summed E-state index contributed by atoms with van der Waals surface area (Å²) in [6.45, 7) is 3.27. The van der Waals surface area contributed by atoms with Crippen LogP contribution in [-0.4, -0.2) is 24.9 Å². The monoisotopic (exact) mass is 286 g/mol. The summed E-state index contributed by atoms with van der Waals surface area (Å²) in [5.74, 6) is 0. The van der Waals surface area contributed by atoms with E-state index in [2.05, 4.69) is 51.7 Å². The van der Waals surface area contributed by atoms with Crippen LogP contribution >= 0.6 is 27.7 Å². The van der Waals surface area contributed by atoms with E-state index in [1.165, 1.54) is 10.6 Å². The highest BCUT2D eigenvalue weighted by Crippen LogP contribution is 2.38. The van der Waals surface area contributed by atoms with E-state index in [4.69, 9.17) is 0 Å². The Morgan fingerprint density at radius 1 is 1.53 bits per heavy atom. The molecule has 1 aliphatic heterocycles. The molecule has 82 valence electrons. The van der Waals surface area contributed by atoms with Gasteiger partial charge in [0.25, 0.3) is 0 Å². The highest BCUT2D eigenvalue weighted by molar-refractivity contribution is 9.10. The van der Waals surface area contributed by atoms with Gasteiger partial charge in [-0.05, 0) is 32.2 Å². The highest BCUT2D eigenvalue weighted by Gasteiger charge is 2.24. The molecule has 0 aliphatic carbocycles. The van der Waals surface area contributed by atoms with Crippen molar-refractivity contribution in [3.8, 4) is 0 Å². The van der Waals surface area contributed by atoms with E-state index >= 15 is 0 Å². The first-order chi connectivity index (χ1) is 7.20. The maximum absolute atomic E-state index is 3.54. The summed E-state index contributed by atoms with van der Waals surface area (Å²) in [6, 6.07) is 6.91. The van der Waals surface area contributed by atoms with Gasteiger partial charge in [-0.25, -0.2) is 0 Å². The summed E-state index contributed by atoms with van der Waals surface area (Å²) in [7, 11) is 2.00. The predicted octanol–water partition coefficient (Wildman–Crippen LogP) is 2.94. The lowest BCUT2D eigenvalue weighted by molar-refractivity contribution is 0.665. The molecule has 4 heteroatoms. The van der Waals surface area contributed by atoms with Crippen LogP contribution in [0.25, 0.3) is 0 Å². The Labute approximate surface area is 103 Å². The first-order valence-electron chi connectivity index (χ1n) is 5.08. The molecule has 1 heterocycles. The van der Waals surface area contributed by atoms with E-state index in [0.717, 1.165) is 11.0 Å². The summed E-state index contributed by atoms with van der Waals surface area (Å²) >= 11 is 5.46. The number of thioether (sulfide) groups is 1. The first-order valence-corrected chi connectivity index (χ1v) is 6.75. The Morgan fingerprint density at radius 2 is 2.33 bits per heavy atom. The fourth-order valence-corrected chi connectivity index (χ4v) is 3.55. The van der Waals surface area contributed by atoms with Crippen molar-refractivity contribution < 1.29 is 0 Å². The van der Waals surface area contributed by atoms with Crippen molar-refractivity contribution in [2.75, 3.05) is 18.9 Å². The molecule has 0 radical (unpaired) electrons. The zero-order chi connectivity index (χ0) is 10.8. The number of fused-ring (bicyclic) bond motifs is 1. The lowest BCUT2D eigenvalue weighted by Crippen LogP contribution is -2.38. The quantitative estimate of drug-likeness (QED) is 0.874. The predicted molar refractivity (Wildman–Crippen MR) is 70.8 cm³/mol. The third-order valence-corrected chi connectivity index (χ3v) is 4.53. The standard InChI is InChI=1S/C11H15BrN2S/c1-7-11(6-13-2)15-10-5-8(12)3-4-9(10)14-7/h3-5,7,11,13-14H,6H2,1-2H3. The van der Waals surface area contributed by atoms with Gasteiger partial charge in [0.15, 0.2) is 0 Å². The van der Waals surface area contributed by atoms with E-state index in [0.29, 0.717) is 11.3 Å². The van der Waals surface area contributed by atoms with Crippen molar-refractivity contribution in [3.05, 3.63) is 22.7 Å². The van der Waals surface area contributed by atoms with Crippen LogP contribution in [0, 0.1) is 0 Å². The molecule has 2 unspecified atom stereocenters. The van der Waals surface area contributed by atoms with Gasteiger partial charge in [-0.15, -0.1) is 11.8 Å². The van der Waals surface area contributed by atoms with E-state index < -0.39 is 0 Å². The average Bonchev–Trinajstić information content (AvgIpc) is 2.20. The summed E-state index contributed by atoms with van der Waals surface area (Å²) in [6.07, 6.45) is 0. The average molecular weight is 287 g/mol. The molecule has 1 aromatic rings. The molecule has 0 amide bonds. The SMILES string of the molecule is CNCC1Sc2cc(Br)ccc2NC1C. The maximum Gasteiger partial charge on any atom is 0.0481 e. The molecule has 15 heavy (non-hydrogen) atoms. The Bertz CT molecular complexity index is 356. The van der Waals surface area contributed by atoms with Gasteiger partial charge in [0.2, 0.25) is 0 Å². The normalized spacial score (nSPS) is 24.5. The Kier molecular flexibility index (Phi) is 3.59.